The van der Waals surface area contributed by atoms with E-state index in [9.17, 15) is 4.39 Å². The number of hydrogen-bond acceptors (Lipinski definition) is 3. The molecule has 1 aliphatic carbocycles. The van der Waals surface area contributed by atoms with Crippen LogP contribution in [0.25, 0.3) is 0 Å². The van der Waals surface area contributed by atoms with Crippen LogP contribution in [0.5, 0.6) is 0 Å². The third-order valence-electron chi connectivity index (χ3n) is 3.71. The van der Waals surface area contributed by atoms with Crippen LogP contribution in [0.2, 0.25) is 0 Å². The number of benzene rings is 1. The SMILES string of the molecule is CC1CCCC(OCc2ccc(F)c(B(O)O)c2)C1. The van der Waals surface area contributed by atoms with E-state index in [1.807, 2.05) is 0 Å². The van der Waals surface area contributed by atoms with Crippen LogP contribution in [0.1, 0.15) is 38.2 Å². The summed E-state index contributed by atoms with van der Waals surface area (Å²) < 4.78 is 19.1. The molecular weight excluding hydrogens is 246 g/mol. The Balaban J connectivity index is 1.94. The lowest BCUT2D eigenvalue weighted by atomic mass is 9.79. The molecule has 0 aromatic heterocycles. The monoisotopic (exact) mass is 266 g/mol. The van der Waals surface area contributed by atoms with Gasteiger partial charge in [-0.25, -0.2) is 4.39 Å². The van der Waals surface area contributed by atoms with E-state index in [4.69, 9.17) is 14.8 Å². The predicted octanol–water partition coefficient (Wildman–Crippen LogP) is 1.60. The highest BCUT2D eigenvalue weighted by Gasteiger charge is 2.20. The Kier molecular flexibility index (Phi) is 4.96. The number of rotatable bonds is 4. The molecule has 0 heterocycles. The first-order valence-corrected chi connectivity index (χ1v) is 6.82. The van der Waals surface area contributed by atoms with Crippen molar-refractivity contribution >= 4 is 12.6 Å². The zero-order valence-electron chi connectivity index (χ0n) is 11.2. The minimum absolute atomic E-state index is 0.0990. The van der Waals surface area contributed by atoms with Gasteiger partial charge in [-0.3, -0.25) is 0 Å². The van der Waals surface area contributed by atoms with Gasteiger partial charge in [0.15, 0.2) is 0 Å². The van der Waals surface area contributed by atoms with E-state index < -0.39 is 12.9 Å². The maximum atomic E-state index is 13.3. The molecule has 1 saturated carbocycles. The van der Waals surface area contributed by atoms with E-state index in [-0.39, 0.29) is 11.6 Å². The van der Waals surface area contributed by atoms with Crippen molar-refractivity contribution in [1.82, 2.24) is 0 Å². The Morgan fingerprint density at radius 1 is 1.37 bits per heavy atom. The van der Waals surface area contributed by atoms with Crippen molar-refractivity contribution in [2.75, 3.05) is 0 Å². The second kappa shape index (κ2) is 6.50. The highest BCUT2D eigenvalue weighted by molar-refractivity contribution is 6.58. The van der Waals surface area contributed by atoms with Gasteiger partial charge >= 0.3 is 7.12 Å². The van der Waals surface area contributed by atoms with Crippen molar-refractivity contribution < 1.29 is 19.2 Å². The van der Waals surface area contributed by atoms with Crippen LogP contribution in [0, 0.1) is 11.7 Å². The molecule has 2 atom stereocenters. The normalized spacial score (nSPS) is 23.4. The molecule has 2 unspecified atom stereocenters. The molecule has 19 heavy (non-hydrogen) atoms. The summed E-state index contributed by atoms with van der Waals surface area (Å²) in [4.78, 5) is 0. The highest BCUT2D eigenvalue weighted by Crippen LogP contribution is 2.26. The van der Waals surface area contributed by atoms with Crippen LogP contribution in [0.15, 0.2) is 18.2 Å². The second-order valence-electron chi connectivity index (χ2n) is 5.43. The van der Waals surface area contributed by atoms with Gasteiger partial charge in [0, 0.05) is 5.46 Å². The first-order chi connectivity index (χ1) is 9.06. The van der Waals surface area contributed by atoms with Gasteiger partial charge in [0.2, 0.25) is 0 Å². The van der Waals surface area contributed by atoms with Crippen molar-refractivity contribution in [2.45, 2.75) is 45.3 Å². The van der Waals surface area contributed by atoms with E-state index in [1.54, 1.807) is 6.07 Å². The van der Waals surface area contributed by atoms with Gasteiger partial charge < -0.3 is 14.8 Å². The molecular formula is C14H20BFO3. The second-order valence-corrected chi connectivity index (χ2v) is 5.43. The van der Waals surface area contributed by atoms with E-state index in [0.29, 0.717) is 12.5 Å². The van der Waals surface area contributed by atoms with Crippen molar-refractivity contribution in [2.24, 2.45) is 5.92 Å². The molecule has 2 N–H and O–H groups in total. The quantitative estimate of drug-likeness (QED) is 0.814. The van der Waals surface area contributed by atoms with Gasteiger partial charge in [-0.2, -0.15) is 0 Å². The van der Waals surface area contributed by atoms with Crippen LogP contribution < -0.4 is 5.46 Å². The Hall–Kier alpha value is -0.905. The van der Waals surface area contributed by atoms with E-state index in [1.165, 1.54) is 25.0 Å². The average Bonchev–Trinajstić information content (AvgIpc) is 2.37. The molecule has 0 spiro atoms. The fourth-order valence-electron chi connectivity index (χ4n) is 2.62. The van der Waals surface area contributed by atoms with Crippen LogP contribution in [0.3, 0.4) is 0 Å². The largest absolute Gasteiger partial charge is 0.491 e. The molecule has 0 saturated heterocycles. The highest BCUT2D eigenvalue weighted by atomic mass is 19.1. The first kappa shape index (κ1) is 14.5. The molecule has 0 amide bonds. The molecule has 1 aromatic carbocycles. The number of hydrogen-bond donors (Lipinski definition) is 2. The molecule has 1 aromatic rings. The summed E-state index contributed by atoms with van der Waals surface area (Å²) in [6, 6.07) is 4.32. The van der Waals surface area contributed by atoms with Crippen LogP contribution in [-0.4, -0.2) is 23.3 Å². The Morgan fingerprint density at radius 2 is 2.16 bits per heavy atom. The van der Waals surface area contributed by atoms with Gasteiger partial charge in [0.25, 0.3) is 0 Å². The summed E-state index contributed by atoms with van der Waals surface area (Å²) in [5.74, 6) is 0.0897. The lowest BCUT2D eigenvalue weighted by Gasteiger charge is -2.26. The van der Waals surface area contributed by atoms with Gasteiger partial charge in [-0.1, -0.05) is 31.9 Å². The van der Waals surface area contributed by atoms with E-state index in [0.717, 1.165) is 18.4 Å². The summed E-state index contributed by atoms with van der Waals surface area (Å²) in [6.45, 7) is 2.62. The first-order valence-electron chi connectivity index (χ1n) is 6.82. The molecule has 104 valence electrons. The Morgan fingerprint density at radius 3 is 2.84 bits per heavy atom. The standard InChI is InChI=1S/C14H20BFO3/c1-10-3-2-4-12(7-10)19-9-11-5-6-14(16)13(8-11)15(17)18/h5-6,8,10,12,17-18H,2-4,7,9H2,1H3. The smallest absolute Gasteiger partial charge is 0.423 e. The summed E-state index contributed by atoms with van der Waals surface area (Å²) in [7, 11) is -1.78. The molecule has 2 rings (SSSR count). The molecule has 1 fully saturated rings. The molecule has 1 aliphatic rings. The third-order valence-corrected chi connectivity index (χ3v) is 3.71. The zero-order valence-corrected chi connectivity index (χ0v) is 11.2. The minimum atomic E-state index is -1.78. The molecule has 3 nitrogen and oxygen atoms in total. The molecule has 0 aliphatic heterocycles. The fourth-order valence-corrected chi connectivity index (χ4v) is 2.62. The van der Waals surface area contributed by atoms with Gasteiger partial charge in [-0.05, 0) is 30.4 Å². The lowest BCUT2D eigenvalue weighted by Crippen LogP contribution is -2.33. The summed E-state index contributed by atoms with van der Waals surface area (Å²) >= 11 is 0. The number of halogens is 1. The van der Waals surface area contributed by atoms with Gasteiger partial charge in [0.05, 0.1) is 12.7 Å². The lowest BCUT2D eigenvalue weighted by molar-refractivity contribution is 0.00468. The third kappa shape index (κ3) is 4.03. The number of ether oxygens (including phenoxy) is 1. The van der Waals surface area contributed by atoms with Crippen LogP contribution in [-0.2, 0) is 11.3 Å². The van der Waals surface area contributed by atoms with E-state index >= 15 is 0 Å². The summed E-state index contributed by atoms with van der Waals surface area (Å²) in [6.07, 6.45) is 4.85. The summed E-state index contributed by atoms with van der Waals surface area (Å²) in [5, 5.41) is 18.1. The maximum absolute atomic E-state index is 13.3. The molecule has 5 heteroatoms. The van der Waals surface area contributed by atoms with E-state index in [2.05, 4.69) is 6.92 Å². The van der Waals surface area contributed by atoms with Crippen molar-refractivity contribution in [3.05, 3.63) is 29.6 Å². The summed E-state index contributed by atoms with van der Waals surface area (Å²) in [5.41, 5.74) is 0.667. The van der Waals surface area contributed by atoms with Crippen LogP contribution in [0.4, 0.5) is 4.39 Å². The topological polar surface area (TPSA) is 49.7 Å². The fraction of sp³-hybridized carbons (Fsp3) is 0.571. The van der Waals surface area contributed by atoms with Gasteiger partial charge in [-0.15, -0.1) is 0 Å². The average molecular weight is 266 g/mol. The minimum Gasteiger partial charge on any atom is -0.423 e. The predicted molar refractivity (Wildman–Crippen MR) is 72.4 cm³/mol. The van der Waals surface area contributed by atoms with Crippen molar-refractivity contribution in [1.29, 1.82) is 0 Å². The van der Waals surface area contributed by atoms with Gasteiger partial charge in [0.1, 0.15) is 5.82 Å². The molecule has 0 radical (unpaired) electrons. The van der Waals surface area contributed by atoms with Crippen molar-refractivity contribution in [3.63, 3.8) is 0 Å². The Labute approximate surface area is 113 Å². The Bertz CT molecular complexity index is 425. The van der Waals surface area contributed by atoms with Crippen LogP contribution >= 0.6 is 0 Å². The maximum Gasteiger partial charge on any atom is 0.491 e. The molecule has 0 bridgehead atoms. The van der Waals surface area contributed by atoms with Crippen molar-refractivity contribution in [3.8, 4) is 0 Å². The zero-order chi connectivity index (χ0) is 13.8.